The number of ketones is 1. The molecule has 0 N–H and O–H groups in total. The number of rotatable bonds is 4. The molecule has 0 amide bonds. The van der Waals surface area contributed by atoms with Crippen LogP contribution >= 0.6 is 0 Å². The molecule has 0 bridgehead atoms. The molecule has 2 unspecified atom stereocenters. The fraction of sp³-hybridized carbons (Fsp3) is 0.857. The Morgan fingerprint density at radius 3 is 2.11 bits per heavy atom. The summed E-state index contributed by atoms with van der Waals surface area (Å²) in [7, 11) is 0. The van der Waals surface area contributed by atoms with E-state index in [1.165, 1.54) is 0 Å². The van der Waals surface area contributed by atoms with Gasteiger partial charge in [0.05, 0.1) is 6.04 Å². The van der Waals surface area contributed by atoms with E-state index in [1.807, 2.05) is 13.8 Å². The predicted molar refractivity (Wildman–Crippen MR) is 77.2 cm³/mol. The maximum absolute atomic E-state index is 12.0. The van der Waals surface area contributed by atoms with Gasteiger partial charge in [-0.15, -0.1) is 0 Å². The summed E-state index contributed by atoms with van der Waals surface area (Å²) in [5.74, 6) is 1.63. The number of aliphatic imine (C=N–C) groups is 1. The third-order valence-electron chi connectivity index (χ3n) is 3.69. The van der Waals surface area contributed by atoms with Gasteiger partial charge in [-0.3, -0.25) is 4.79 Å². The molecule has 0 radical (unpaired) electrons. The van der Waals surface area contributed by atoms with E-state index in [1.54, 1.807) is 0 Å². The molecule has 0 aromatic heterocycles. The van der Waals surface area contributed by atoms with Gasteiger partial charge in [0.25, 0.3) is 0 Å². The zero-order chi connectivity index (χ0) is 14.0. The number of carbonyl (C=O) groups is 1. The van der Waals surface area contributed by atoms with Gasteiger partial charge in [0.1, 0.15) is 0 Å². The van der Waals surface area contributed by atoms with Crippen molar-refractivity contribution in [2.45, 2.75) is 60.2 Å². The average molecular weight is 251 g/mol. The minimum atomic E-state index is -0.0561. The molecule has 18 heavy (non-hydrogen) atoms. The van der Waals surface area contributed by atoms with Crippen molar-refractivity contribution >= 4 is 18.6 Å². The minimum Gasteiger partial charge on any atom is -0.546 e. The van der Waals surface area contributed by atoms with Crippen molar-refractivity contribution in [2.75, 3.05) is 0 Å². The Morgan fingerprint density at radius 2 is 1.72 bits per heavy atom. The molecule has 1 heterocycles. The Hall–Kier alpha value is -0.795. The maximum atomic E-state index is 12.0. The van der Waals surface area contributed by atoms with Crippen LogP contribution in [0.2, 0.25) is 12.6 Å². The minimum absolute atomic E-state index is 0.0229. The number of hydrogen-bond acceptors (Lipinski definition) is 3. The van der Waals surface area contributed by atoms with E-state index in [4.69, 9.17) is 4.65 Å². The van der Waals surface area contributed by atoms with E-state index in [2.05, 4.69) is 39.5 Å². The lowest BCUT2D eigenvalue weighted by molar-refractivity contribution is -0.116. The summed E-state index contributed by atoms with van der Waals surface area (Å²) in [4.78, 5) is 16.6. The van der Waals surface area contributed by atoms with E-state index >= 15 is 0 Å². The lowest BCUT2D eigenvalue weighted by Crippen LogP contribution is -2.44. The summed E-state index contributed by atoms with van der Waals surface area (Å²) in [5, 5.41) is 0. The Bertz CT molecular complexity index is 337. The molecule has 0 saturated heterocycles. The Morgan fingerprint density at radius 1 is 1.17 bits per heavy atom. The molecule has 4 heteroatoms. The first-order valence-corrected chi connectivity index (χ1v) is 7.04. The summed E-state index contributed by atoms with van der Waals surface area (Å²) in [5.41, 5.74) is 0. The van der Waals surface area contributed by atoms with Crippen molar-refractivity contribution in [1.29, 1.82) is 0 Å². The van der Waals surface area contributed by atoms with Crippen LogP contribution in [0.15, 0.2) is 4.99 Å². The zero-order valence-corrected chi connectivity index (χ0v) is 12.7. The lowest BCUT2D eigenvalue weighted by atomic mass is 9.49. The van der Waals surface area contributed by atoms with E-state index in [0.717, 1.165) is 0 Å². The molecule has 102 valence electrons. The van der Waals surface area contributed by atoms with Gasteiger partial charge in [-0.25, -0.2) is 4.99 Å². The monoisotopic (exact) mass is 251 g/mol. The lowest BCUT2D eigenvalue weighted by Gasteiger charge is -2.37. The summed E-state index contributed by atoms with van der Waals surface area (Å²) < 4.78 is 5.76. The molecular weight excluding hydrogens is 225 g/mol. The first-order valence-electron chi connectivity index (χ1n) is 7.04. The molecular formula is C14H26BNO2. The van der Waals surface area contributed by atoms with Crippen LogP contribution in [0, 0.1) is 17.8 Å². The number of nitrogens with zero attached hydrogens (tertiary/aromatic N) is 1. The van der Waals surface area contributed by atoms with E-state index in [-0.39, 0.29) is 24.7 Å². The Balaban J connectivity index is 3.05. The highest BCUT2D eigenvalue weighted by atomic mass is 16.5. The Labute approximate surface area is 112 Å². The molecule has 3 nitrogen and oxygen atoms in total. The van der Waals surface area contributed by atoms with E-state index < -0.39 is 0 Å². The molecule has 0 saturated carbocycles. The summed E-state index contributed by atoms with van der Waals surface area (Å²) in [6.45, 7) is 14.6. The Kier molecular flexibility index (Phi) is 5.00. The summed E-state index contributed by atoms with van der Waals surface area (Å²) in [6, 6.07) is 0.187. The van der Waals surface area contributed by atoms with Gasteiger partial charge in [0, 0.05) is 11.7 Å². The first kappa shape index (κ1) is 15.3. The van der Waals surface area contributed by atoms with Crippen molar-refractivity contribution in [2.24, 2.45) is 22.7 Å². The fourth-order valence-corrected chi connectivity index (χ4v) is 2.68. The quantitative estimate of drug-likeness (QED) is 0.719. The third-order valence-corrected chi connectivity index (χ3v) is 3.69. The van der Waals surface area contributed by atoms with Gasteiger partial charge in [-0.05, 0) is 18.7 Å². The van der Waals surface area contributed by atoms with Gasteiger partial charge < -0.3 is 4.65 Å². The van der Waals surface area contributed by atoms with Crippen molar-refractivity contribution < 1.29 is 9.45 Å². The van der Waals surface area contributed by atoms with Gasteiger partial charge in [-0.1, -0.05) is 41.5 Å². The highest BCUT2D eigenvalue weighted by Gasteiger charge is 2.41. The van der Waals surface area contributed by atoms with Gasteiger partial charge in [-0.2, -0.15) is 0 Å². The summed E-state index contributed by atoms with van der Waals surface area (Å²) >= 11 is 0. The van der Waals surface area contributed by atoms with Gasteiger partial charge in [0.15, 0.2) is 0 Å². The zero-order valence-electron chi connectivity index (χ0n) is 12.7. The largest absolute Gasteiger partial charge is 0.546 e. The van der Waals surface area contributed by atoms with E-state index in [9.17, 15) is 4.79 Å². The molecule has 0 fully saturated rings. The fourth-order valence-electron chi connectivity index (χ4n) is 2.68. The van der Waals surface area contributed by atoms with Crippen LogP contribution in [0.5, 0.6) is 0 Å². The molecule has 1 aliphatic heterocycles. The van der Waals surface area contributed by atoms with E-state index in [0.29, 0.717) is 23.6 Å². The maximum Gasteiger partial charge on any atom is 0.362 e. The smallest absolute Gasteiger partial charge is 0.362 e. The summed E-state index contributed by atoms with van der Waals surface area (Å²) in [6.07, 6.45) is 0. The second-order valence-electron chi connectivity index (χ2n) is 6.33. The highest BCUT2D eigenvalue weighted by Crippen LogP contribution is 2.35. The number of carbonyl (C=O) groups excluding carboxylic acids is 1. The molecule has 0 aromatic rings. The molecule has 0 aliphatic carbocycles. The predicted octanol–water partition coefficient (Wildman–Crippen LogP) is 3.31. The SMILES string of the molecule is CB1OC(C(=O)C(C)C)=NC(C(C)C)C1C(C)C. The van der Waals surface area contributed by atoms with Crippen LogP contribution in [0.3, 0.4) is 0 Å². The third kappa shape index (κ3) is 3.15. The van der Waals surface area contributed by atoms with Crippen molar-refractivity contribution in [1.82, 2.24) is 0 Å². The van der Waals surface area contributed by atoms with Crippen molar-refractivity contribution in [3.05, 3.63) is 0 Å². The molecule has 1 rings (SSSR count). The van der Waals surface area contributed by atoms with Crippen LogP contribution in [0.1, 0.15) is 41.5 Å². The highest BCUT2D eigenvalue weighted by molar-refractivity contribution is 6.59. The van der Waals surface area contributed by atoms with Crippen molar-refractivity contribution in [3.8, 4) is 0 Å². The molecule has 2 atom stereocenters. The molecule has 1 aliphatic rings. The number of Topliss-reactive ketones (excluding diaryl/α,β-unsaturated/α-hetero) is 1. The van der Waals surface area contributed by atoms with Crippen LogP contribution in [0.4, 0.5) is 0 Å². The van der Waals surface area contributed by atoms with Crippen LogP contribution in [-0.4, -0.2) is 24.6 Å². The standard InChI is InChI=1S/C14H26BNO2/c1-8(2)11-12(9(3)4)16-14(18-15(11)7)13(17)10(5)6/h8-12H,1-7H3. The second kappa shape index (κ2) is 5.90. The van der Waals surface area contributed by atoms with Crippen LogP contribution < -0.4 is 0 Å². The number of hydrogen-bond donors (Lipinski definition) is 0. The normalized spacial score (nSPS) is 24.6. The second-order valence-corrected chi connectivity index (χ2v) is 6.33. The van der Waals surface area contributed by atoms with Gasteiger partial charge in [0.2, 0.25) is 11.7 Å². The van der Waals surface area contributed by atoms with Gasteiger partial charge >= 0.3 is 6.92 Å². The molecule has 0 aromatic carbocycles. The molecule has 0 spiro atoms. The van der Waals surface area contributed by atoms with Crippen LogP contribution in [0.25, 0.3) is 0 Å². The average Bonchev–Trinajstić information content (AvgIpc) is 2.25. The topological polar surface area (TPSA) is 38.7 Å². The first-order chi connectivity index (χ1) is 8.25. The van der Waals surface area contributed by atoms with Crippen LogP contribution in [-0.2, 0) is 9.45 Å². The van der Waals surface area contributed by atoms with Crippen molar-refractivity contribution in [3.63, 3.8) is 0 Å².